The van der Waals surface area contributed by atoms with Crippen molar-refractivity contribution in [1.29, 1.82) is 0 Å². The summed E-state index contributed by atoms with van der Waals surface area (Å²) in [5, 5.41) is 0. The predicted octanol–water partition coefficient (Wildman–Crippen LogP) is 2.80. The Morgan fingerprint density at radius 1 is 1.23 bits per heavy atom. The molecular formula is C12H14O. The highest BCUT2D eigenvalue weighted by atomic mass is 16.1. The molecule has 0 aromatic heterocycles. The molecule has 0 aliphatic heterocycles. The largest absolute Gasteiger partial charge is 0.294 e. The van der Waals surface area contributed by atoms with Crippen LogP contribution in [-0.4, -0.2) is 5.78 Å². The van der Waals surface area contributed by atoms with Crippen molar-refractivity contribution in [2.45, 2.75) is 26.2 Å². The van der Waals surface area contributed by atoms with Crippen LogP contribution in [0, 0.1) is 5.92 Å². The van der Waals surface area contributed by atoms with E-state index in [-0.39, 0.29) is 11.3 Å². The third-order valence-corrected chi connectivity index (χ3v) is 3.36. The summed E-state index contributed by atoms with van der Waals surface area (Å²) >= 11 is 0. The summed E-state index contributed by atoms with van der Waals surface area (Å²) in [5.41, 5.74) is 2.13. The first-order valence-corrected chi connectivity index (χ1v) is 4.69. The van der Waals surface area contributed by atoms with Crippen molar-refractivity contribution >= 4 is 5.78 Å². The van der Waals surface area contributed by atoms with Crippen molar-refractivity contribution in [3.8, 4) is 0 Å². The zero-order valence-corrected chi connectivity index (χ0v) is 8.29. The van der Waals surface area contributed by atoms with Crippen molar-refractivity contribution in [2.24, 2.45) is 5.92 Å². The molecule has 68 valence electrons. The number of benzene rings is 1. The molecule has 0 unspecified atom stereocenters. The Bertz CT molecular complexity index is 363. The summed E-state index contributed by atoms with van der Waals surface area (Å²) in [6, 6.07) is 7.94. The van der Waals surface area contributed by atoms with Crippen LogP contribution < -0.4 is 0 Å². The monoisotopic (exact) mass is 174 g/mol. The molecule has 1 aromatic carbocycles. The molecule has 0 fully saturated rings. The van der Waals surface area contributed by atoms with Gasteiger partial charge in [-0.25, -0.2) is 0 Å². The Kier molecular flexibility index (Phi) is 1.59. The summed E-state index contributed by atoms with van der Waals surface area (Å²) in [6.45, 7) is 6.30. The maximum atomic E-state index is 11.8. The second-order valence-electron chi connectivity index (χ2n) is 4.35. The minimum atomic E-state index is 0.00762. The lowest BCUT2D eigenvalue weighted by atomic mass is 9.79. The molecule has 1 atom stereocenters. The lowest BCUT2D eigenvalue weighted by Gasteiger charge is -2.23. The molecule has 1 aliphatic carbocycles. The van der Waals surface area contributed by atoms with Gasteiger partial charge in [0, 0.05) is 16.9 Å². The fraction of sp³-hybridized carbons (Fsp3) is 0.417. The zero-order chi connectivity index (χ0) is 9.64. The molecule has 0 amide bonds. The summed E-state index contributed by atoms with van der Waals surface area (Å²) in [5.74, 6) is 0.408. The molecular weight excluding hydrogens is 160 g/mol. The SMILES string of the molecule is C[C@H]1C(=O)c2ccccc2C1(C)C. The maximum absolute atomic E-state index is 11.8. The highest BCUT2D eigenvalue weighted by Gasteiger charge is 2.42. The minimum Gasteiger partial charge on any atom is -0.294 e. The second-order valence-corrected chi connectivity index (χ2v) is 4.35. The van der Waals surface area contributed by atoms with E-state index in [1.165, 1.54) is 5.56 Å². The fourth-order valence-corrected chi connectivity index (χ4v) is 2.05. The number of carbonyl (C=O) groups is 1. The quantitative estimate of drug-likeness (QED) is 0.591. The lowest BCUT2D eigenvalue weighted by molar-refractivity contribution is 0.0912. The van der Waals surface area contributed by atoms with Crippen LogP contribution in [0.25, 0.3) is 0 Å². The molecule has 0 saturated carbocycles. The molecule has 0 saturated heterocycles. The maximum Gasteiger partial charge on any atom is 0.166 e. The molecule has 1 aromatic rings. The zero-order valence-electron chi connectivity index (χ0n) is 8.29. The average Bonchev–Trinajstić information content (AvgIpc) is 2.30. The molecule has 13 heavy (non-hydrogen) atoms. The van der Waals surface area contributed by atoms with Gasteiger partial charge in [0.2, 0.25) is 0 Å². The van der Waals surface area contributed by atoms with Gasteiger partial charge in [-0.2, -0.15) is 0 Å². The van der Waals surface area contributed by atoms with Crippen molar-refractivity contribution in [2.75, 3.05) is 0 Å². The molecule has 0 radical (unpaired) electrons. The Morgan fingerprint density at radius 2 is 1.85 bits per heavy atom. The minimum absolute atomic E-state index is 0.00762. The molecule has 1 heteroatoms. The first-order valence-electron chi connectivity index (χ1n) is 4.69. The van der Waals surface area contributed by atoms with Gasteiger partial charge in [-0.1, -0.05) is 45.0 Å². The van der Waals surface area contributed by atoms with E-state index in [4.69, 9.17) is 0 Å². The third kappa shape index (κ3) is 0.963. The Balaban J connectivity index is 2.68. The number of fused-ring (bicyclic) bond motifs is 1. The Hall–Kier alpha value is -1.11. The number of carbonyl (C=O) groups excluding carboxylic acids is 1. The standard InChI is InChI=1S/C12H14O/c1-8-11(13)9-6-4-5-7-10(9)12(8,2)3/h4-8H,1-3H3/t8-/m0/s1. The van der Waals surface area contributed by atoms with Crippen LogP contribution in [-0.2, 0) is 5.41 Å². The van der Waals surface area contributed by atoms with E-state index >= 15 is 0 Å². The highest BCUT2D eigenvalue weighted by Crippen LogP contribution is 2.42. The first kappa shape index (κ1) is 8.49. The molecule has 0 bridgehead atoms. The lowest BCUT2D eigenvalue weighted by Crippen LogP contribution is -2.23. The van der Waals surface area contributed by atoms with E-state index in [0.29, 0.717) is 5.78 Å². The van der Waals surface area contributed by atoms with Gasteiger partial charge in [-0.05, 0) is 5.56 Å². The fourth-order valence-electron chi connectivity index (χ4n) is 2.05. The van der Waals surface area contributed by atoms with Gasteiger partial charge >= 0.3 is 0 Å². The van der Waals surface area contributed by atoms with Gasteiger partial charge in [0.05, 0.1) is 0 Å². The van der Waals surface area contributed by atoms with Gasteiger partial charge in [-0.15, -0.1) is 0 Å². The van der Waals surface area contributed by atoms with E-state index in [1.807, 2.05) is 25.1 Å². The van der Waals surface area contributed by atoms with E-state index < -0.39 is 0 Å². The molecule has 0 heterocycles. The van der Waals surface area contributed by atoms with Crippen LogP contribution in [0.1, 0.15) is 36.7 Å². The van der Waals surface area contributed by atoms with E-state index in [1.54, 1.807) is 0 Å². The molecule has 0 N–H and O–H groups in total. The summed E-state index contributed by atoms with van der Waals surface area (Å²) in [4.78, 5) is 11.8. The van der Waals surface area contributed by atoms with Crippen molar-refractivity contribution in [1.82, 2.24) is 0 Å². The van der Waals surface area contributed by atoms with Crippen molar-refractivity contribution in [3.63, 3.8) is 0 Å². The second kappa shape index (κ2) is 2.44. The van der Waals surface area contributed by atoms with Crippen LogP contribution in [0.2, 0.25) is 0 Å². The number of Topliss-reactive ketones (excluding diaryl/α,β-unsaturated/α-hetero) is 1. The van der Waals surface area contributed by atoms with E-state index in [9.17, 15) is 4.79 Å². The summed E-state index contributed by atoms with van der Waals surface area (Å²) in [7, 11) is 0. The number of hydrogen-bond donors (Lipinski definition) is 0. The molecule has 2 rings (SSSR count). The Morgan fingerprint density at radius 3 is 2.46 bits per heavy atom. The normalized spacial score (nSPS) is 24.5. The smallest absolute Gasteiger partial charge is 0.166 e. The number of ketones is 1. The van der Waals surface area contributed by atoms with Gasteiger partial charge < -0.3 is 0 Å². The van der Waals surface area contributed by atoms with Crippen LogP contribution in [0.15, 0.2) is 24.3 Å². The highest BCUT2D eigenvalue weighted by molar-refractivity contribution is 6.03. The number of hydrogen-bond acceptors (Lipinski definition) is 1. The third-order valence-electron chi connectivity index (χ3n) is 3.36. The van der Waals surface area contributed by atoms with Crippen LogP contribution in [0.3, 0.4) is 0 Å². The molecule has 0 spiro atoms. The molecule has 1 aliphatic rings. The van der Waals surface area contributed by atoms with Crippen LogP contribution in [0.5, 0.6) is 0 Å². The molecule has 1 nitrogen and oxygen atoms in total. The van der Waals surface area contributed by atoms with Crippen molar-refractivity contribution in [3.05, 3.63) is 35.4 Å². The van der Waals surface area contributed by atoms with Gasteiger partial charge in [-0.3, -0.25) is 4.79 Å². The van der Waals surface area contributed by atoms with Gasteiger partial charge in [0.1, 0.15) is 0 Å². The average molecular weight is 174 g/mol. The predicted molar refractivity (Wildman–Crippen MR) is 53.0 cm³/mol. The number of rotatable bonds is 0. The van der Waals surface area contributed by atoms with E-state index in [2.05, 4.69) is 19.9 Å². The summed E-state index contributed by atoms with van der Waals surface area (Å²) < 4.78 is 0. The first-order chi connectivity index (χ1) is 6.05. The van der Waals surface area contributed by atoms with Gasteiger partial charge in [0.25, 0.3) is 0 Å². The van der Waals surface area contributed by atoms with Gasteiger partial charge in [0.15, 0.2) is 5.78 Å². The van der Waals surface area contributed by atoms with Crippen molar-refractivity contribution < 1.29 is 4.79 Å². The van der Waals surface area contributed by atoms with Crippen LogP contribution in [0.4, 0.5) is 0 Å². The Labute approximate surface area is 78.8 Å². The summed E-state index contributed by atoms with van der Waals surface area (Å²) in [6.07, 6.45) is 0. The topological polar surface area (TPSA) is 17.1 Å². The van der Waals surface area contributed by atoms with Crippen LogP contribution >= 0.6 is 0 Å². The van der Waals surface area contributed by atoms with E-state index in [0.717, 1.165) is 5.56 Å².